The van der Waals surface area contributed by atoms with E-state index in [1.807, 2.05) is 44.2 Å². The van der Waals surface area contributed by atoms with Crippen LogP contribution < -0.4 is 21.7 Å². The first-order chi connectivity index (χ1) is 17.1. The summed E-state index contributed by atoms with van der Waals surface area (Å²) in [4.78, 5) is 50.0. The van der Waals surface area contributed by atoms with Crippen LogP contribution in [0, 0.1) is 5.92 Å². The van der Waals surface area contributed by atoms with Gasteiger partial charge in [0.15, 0.2) is 12.2 Å². The number of phenolic OH excluding ortho intramolecular Hbond substituents is 1. The van der Waals surface area contributed by atoms with Gasteiger partial charge < -0.3 is 31.5 Å². The maximum Gasteiger partial charge on any atom is 0.253 e. The van der Waals surface area contributed by atoms with Gasteiger partial charge >= 0.3 is 0 Å². The number of primary amides is 1. The predicted molar refractivity (Wildman–Crippen MR) is 131 cm³/mol. The maximum atomic E-state index is 13.0. The van der Waals surface area contributed by atoms with Gasteiger partial charge in [0.25, 0.3) is 11.8 Å². The van der Waals surface area contributed by atoms with Gasteiger partial charge in [-0.15, -0.1) is 0 Å². The van der Waals surface area contributed by atoms with Crippen LogP contribution in [0.4, 0.5) is 0 Å². The molecule has 2 aromatic rings. The van der Waals surface area contributed by atoms with Gasteiger partial charge in [0.05, 0.1) is 0 Å². The van der Waals surface area contributed by atoms with Crippen LogP contribution in [0.1, 0.15) is 31.4 Å². The summed E-state index contributed by atoms with van der Waals surface area (Å²) in [5, 5.41) is 17.4. The van der Waals surface area contributed by atoms with Gasteiger partial charge in [0.1, 0.15) is 17.8 Å². The highest BCUT2D eigenvalue weighted by molar-refractivity contribution is 5.97. The van der Waals surface area contributed by atoms with Crippen LogP contribution in [0.25, 0.3) is 0 Å². The van der Waals surface area contributed by atoms with Crippen molar-refractivity contribution in [2.45, 2.75) is 57.5 Å². The second-order valence-electron chi connectivity index (χ2n) is 9.21. The third kappa shape index (κ3) is 7.81. The zero-order valence-corrected chi connectivity index (χ0v) is 20.3. The fourth-order valence-corrected chi connectivity index (χ4v) is 3.72. The Kier molecular flexibility index (Phi) is 9.02. The summed E-state index contributed by atoms with van der Waals surface area (Å²) in [5.41, 5.74) is 7.10. The Morgan fingerprint density at radius 2 is 1.53 bits per heavy atom. The summed E-state index contributed by atoms with van der Waals surface area (Å²) >= 11 is 0. The lowest BCUT2D eigenvalue weighted by molar-refractivity contribution is -0.132. The van der Waals surface area contributed by atoms with Gasteiger partial charge in [-0.25, -0.2) is 0 Å². The van der Waals surface area contributed by atoms with Crippen molar-refractivity contribution in [3.8, 4) is 5.75 Å². The first-order valence-corrected chi connectivity index (χ1v) is 11.8. The molecule has 10 nitrogen and oxygen atoms in total. The van der Waals surface area contributed by atoms with E-state index in [1.165, 1.54) is 12.1 Å². The van der Waals surface area contributed by atoms with Crippen LogP contribution in [0.5, 0.6) is 5.75 Å². The molecule has 0 aliphatic carbocycles. The molecule has 4 amide bonds. The molecule has 2 aromatic carbocycles. The van der Waals surface area contributed by atoms with Crippen LogP contribution >= 0.6 is 0 Å². The van der Waals surface area contributed by atoms with Crippen LogP contribution in [-0.2, 0) is 36.9 Å². The van der Waals surface area contributed by atoms with Crippen molar-refractivity contribution in [1.29, 1.82) is 0 Å². The van der Waals surface area contributed by atoms with Gasteiger partial charge in [-0.1, -0.05) is 56.3 Å². The number of aromatic hydroxyl groups is 1. The van der Waals surface area contributed by atoms with E-state index < -0.39 is 47.9 Å². The normalized spacial score (nSPS) is 18.1. The molecule has 6 N–H and O–H groups in total. The number of hydrogen-bond donors (Lipinski definition) is 5. The molecular weight excluding hydrogens is 464 g/mol. The van der Waals surface area contributed by atoms with E-state index in [1.54, 1.807) is 12.1 Å². The standard InChI is InChI=1S/C26H32N4O6/c1-15(2)12-20(24(33)29-19(23(27)32)13-16-8-10-18(31)11-9-16)30-26(35)22-21(36-22)25(34)28-14-17-6-4-3-5-7-17/h3-11,15,19-22,31H,12-14H2,1-2H3,(H2,27,32)(H,28,34)(H,29,33)(H,30,35)/t19-,20-,21?,22-/m0/s1. The largest absolute Gasteiger partial charge is 0.508 e. The highest BCUT2D eigenvalue weighted by Crippen LogP contribution is 2.23. The molecule has 0 saturated carbocycles. The number of rotatable bonds is 12. The van der Waals surface area contributed by atoms with Crippen LogP contribution in [0.15, 0.2) is 54.6 Å². The summed E-state index contributed by atoms with van der Waals surface area (Å²) in [7, 11) is 0. The summed E-state index contributed by atoms with van der Waals surface area (Å²) in [6.45, 7) is 4.09. The molecule has 3 rings (SSSR count). The van der Waals surface area contributed by atoms with Crippen molar-refractivity contribution < 1.29 is 29.0 Å². The molecule has 36 heavy (non-hydrogen) atoms. The summed E-state index contributed by atoms with van der Waals surface area (Å²) < 4.78 is 5.27. The average Bonchev–Trinajstić information content (AvgIpc) is 3.64. The summed E-state index contributed by atoms with van der Waals surface area (Å²) in [6.07, 6.45) is -1.49. The van der Waals surface area contributed by atoms with E-state index in [9.17, 15) is 24.3 Å². The van der Waals surface area contributed by atoms with E-state index in [2.05, 4.69) is 16.0 Å². The van der Waals surface area contributed by atoms with Crippen molar-refractivity contribution in [2.24, 2.45) is 11.7 Å². The topological polar surface area (TPSA) is 163 Å². The lowest BCUT2D eigenvalue weighted by atomic mass is 10.0. The average molecular weight is 497 g/mol. The van der Waals surface area contributed by atoms with Crippen molar-refractivity contribution in [3.05, 3.63) is 65.7 Å². The van der Waals surface area contributed by atoms with Crippen molar-refractivity contribution in [1.82, 2.24) is 16.0 Å². The lowest BCUT2D eigenvalue weighted by Gasteiger charge is -2.23. The molecule has 1 aliphatic rings. The van der Waals surface area contributed by atoms with Crippen molar-refractivity contribution in [3.63, 3.8) is 0 Å². The monoisotopic (exact) mass is 496 g/mol. The van der Waals surface area contributed by atoms with Crippen molar-refractivity contribution in [2.75, 3.05) is 0 Å². The van der Waals surface area contributed by atoms with Crippen molar-refractivity contribution >= 4 is 23.6 Å². The molecule has 0 spiro atoms. The zero-order valence-electron chi connectivity index (χ0n) is 20.3. The minimum absolute atomic E-state index is 0.0512. The van der Waals surface area contributed by atoms with Crippen LogP contribution in [0.3, 0.4) is 0 Å². The molecule has 0 bridgehead atoms. The fourth-order valence-electron chi connectivity index (χ4n) is 3.72. The Balaban J connectivity index is 1.56. The molecular formula is C26H32N4O6. The minimum Gasteiger partial charge on any atom is -0.508 e. The fraction of sp³-hybridized carbons (Fsp3) is 0.385. The molecule has 1 saturated heterocycles. The van der Waals surface area contributed by atoms with Gasteiger partial charge in [-0.2, -0.15) is 0 Å². The lowest BCUT2D eigenvalue weighted by Crippen LogP contribution is -2.54. The third-order valence-electron chi connectivity index (χ3n) is 5.69. The highest BCUT2D eigenvalue weighted by Gasteiger charge is 2.51. The smallest absolute Gasteiger partial charge is 0.253 e. The van der Waals surface area contributed by atoms with E-state index in [4.69, 9.17) is 10.5 Å². The minimum atomic E-state index is -1.01. The Bertz CT molecular complexity index is 1070. The predicted octanol–water partition coefficient (Wildman–Crippen LogP) is 0.520. The first kappa shape index (κ1) is 26.7. The summed E-state index contributed by atoms with van der Waals surface area (Å²) in [6, 6.07) is 13.6. The molecule has 0 aromatic heterocycles. The summed E-state index contributed by atoms with van der Waals surface area (Å²) in [5.74, 6) is -2.16. The number of epoxide rings is 1. The highest BCUT2D eigenvalue weighted by atomic mass is 16.6. The van der Waals surface area contributed by atoms with Gasteiger partial charge in [-0.05, 0) is 35.6 Å². The van der Waals surface area contributed by atoms with Crippen LogP contribution in [0.2, 0.25) is 0 Å². The molecule has 192 valence electrons. The Labute approximate surface area is 209 Å². The van der Waals surface area contributed by atoms with Gasteiger partial charge in [-0.3, -0.25) is 19.2 Å². The van der Waals surface area contributed by atoms with Gasteiger partial charge in [0.2, 0.25) is 11.8 Å². The second kappa shape index (κ2) is 12.2. The number of nitrogens with two attached hydrogens (primary N) is 1. The first-order valence-electron chi connectivity index (χ1n) is 11.8. The molecule has 1 fully saturated rings. The second-order valence-corrected chi connectivity index (χ2v) is 9.21. The third-order valence-corrected chi connectivity index (χ3v) is 5.69. The van der Waals surface area contributed by atoms with Crippen LogP contribution in [-0.4, -0.2) is 53.0 Å². The van der Waals surface area contributed by atoms with E-state index in [-0.39, 0.29) is 18.1 Å². The number of amides is 4. The maximum absolute atomic E-state index is 13.0. The number of nitrogens with one attached hydrogen (secondary N) is 3. The number of carbonyl (C=O) groups is 4. The zero-order chi connectivity index (χ0) is 26.2. The van der Waals surface area contributed by atoms with E-state index in [0.29, 0.717) is 18.5 Å². The van der Waals surface area contributed by atoms with E-state index in [0.717, 1.165) is 5.56 Å². The number of carbonyl (C=O) groups excluding carboxylic acids is 4. The molecule has 10 heteroatoms. The molecule has 4 atom stereocenters. The molecule has 1 aliphatic heterocycles. The number of hydrogen-bond acceptors (Lipinski definition) is 6. The molecule has 1 unspecified atom stereocenters. The van der Waals surface area contributed by atoms with E-state index >= 15 is 0 Å². The quantitative estimate of drug-likeness (QED) is 0.269. The SMILES string of the molecule is CC(C)C[C@H](NC(=O)[C@H]1OC1C(=O)NCc1ccccc1)C(=O)N[C@@H](Cc1ccc(O)cc1)C(N)=O. The number of benzene rings is 2. The Morgan fingerprint density at radius 1 is 0.889 bits per heavy atom. The van der Waals surface area contributed by atoms with Gasteiger partial charge in [0, 0.05) is 13.0 Å². The molecule has 1 heterocycles. The Morgan fingerprint density at radius 3 is 2.14 bits per heavy atom. The number of ether oxygens (including phenoxy) is 1. The Hall–Kier alpha value is -3.92. The molecule has 0 radical (unpaired) electrons. The number of phenols is 1.